The molecule has 36 heavy (non-hydrogen) atoms. The van der Waals surface area contributed by atoms with Crippen molar-refractivity contribution in [3.05, 3.63) is 99.6 Å². The van der Waals surface area contributed by atoms with E-state index in [9.17, 15) is 14.7 Å². The van der Waals surface area contributed by atoms with Crippen LogP contribution in [0.25, 0.3) is 0 Å². The smallest absolute Gasteiger partial charge is 0.323 e. The molecule has 3 aromatic rings. The summed E-state index contributed by atoms with van der Waals surface area (Å²) < 4.78 is 6.30. The van der Waals surface area contributed by atoms with Crippen LogP contribution in [0.3, 0.4) is 0 Å². The number of amides is 1. The Hall–Kier alpha value is -3.31. The molecule has 0 fully saturated rings. The van der Waals surface area contributed by atoms with Gasteiger partial charge in [0.25, 0.3) is 0 Å². The minimum absolute atomic E-state index is 0.143. The average molecular weight is 506 g/mol. The summed E-state index contributed by atoms with van der Waals surface area (Å²) >= 11 is 6.01. The number of hydrogen-bond acceptors (Lipinski definition) is 3. The Morgan fingerprint density at radius 2 is 1.75 bits per heavy atom. The van der Waals surface area contributed by atoms with Gasteiger partial charge in [0, 0.05) is 30.8 Å². The van der Waals surface area contributed by atoms with E-state index >= 15 is 0 Å². The van der Waals surface area contributed by atoms with E-state index in [2.05, 4.69) is 13.0 Å². The Kier molecular flexibility index (Phi) is 8.00. The van der Waals surface area contributed by atoms with Gasteiger partial charge in [-0.05, 0) is 72.7 Å². The topological polar surface area (TPSA) is 66.8 Å². The van der Waals surface area contributed by atoms with Crippen molar-refractivity contribution in [2.24, 2.45) is 0 Å². The van der Waals surface area contributed by atoms with E-state index in [0.29, 0.717) is 19.4 Å². The third-order valence-electron chi connectivity index (χ3n) is 6.76. The second-order valence-corrected chi connectivity index (χ2v) is 10.3. The SMILES string of the molecule is Cc1ccccc1CCN(CC(=O)O)C(=O)CCc1ccc2c(c1)CC(C)(Cc1ccc(Cl)cc1)O2. The van der Waals surface area contributed by atoms with Crippen molar-refractivity contribution in [1.82, 2.24) is 4.90 Å². The lowest BCUT2D eigenvalue weighted by atomic mass is 9.91. The molecule has 0 aliphatic carbocycles. The molecule has 1 N–H and O–H groups in total. The van der Waals surface area contributed by atoms with Gasteiger partial charge in [0.2, 0.25) is 5.91 Å². The lowest BCUT2D eigenvalue weighted by Crippen LogP contribution is -2.37. The zero-order valence-corrected chi connectivity index (χ0v) is 21.6. The van der Waals surface area contributed by atoms with Crippen LogP contribution in [0.2, 0.25) is 5.02 Å². The number of hydrogen-bond donors (Lipinski definition) is 1. The van der Waals surface area contributed by atoms with Gasteiger partial charge in [-0.15, -0.1) is 0 Å². The Morgan fingerprint density at radius 3 is 2.47 bits per heavy atom. The molecule has 6 heteroatoms. The van der Waals surface area contributed by atoms with E-state index in [1.54, 1.807) is 0 Å². The first-order valence-corrected chi connectivity index (χ1v) is 12.7. The van der Waals surface area contributed by atoms with Gasteiger partial charge in [0.05, 0.1) is 0 Å². The standard InChI is InChI=1S/C30H32ClNO4/c1-21-5-3-4-6-24(21)15-16-32(20-29(34)35)28(33)14-10-22-9-13-27-25(17-22)19-30(2,36-27)18-23-7-11-26(31)12-8-23/h3-9,11-13,17H,10,14-16,18-20H2,1-2H3,(H,34,35). The fourth-order valence-corrected chi connectivity index (χ4v) is 5.00. The number of carbonyl (C=O) groups is 2. The summed E-state index contributed by atoms with van der Waals surface area (Å²) in [5, 5.41) is 10.0. The zero-order chi connectivity index (χ0) is 25.7. The molecule has 0 saturated heterocycles. The molecule has 1 aliphatic heterocycles. The minimum Gasteiger partial charge on any atom is -0.487 e. The largest absolute Gasteiger partial charge is 0.487 e. The van der Waals surface area contributed by atoms with Gasteiger partial charge in [-0.1, -0.05) is 60.1 Å². The fourth-order valence-electron chi connectivity index (χ4n) is 4.87. The molecular formula is C30H32ClNO4. The summed E-state index contributed by atoms with van der Waals surface area (Å²) in [5.41, 5.74) is 5.29. The minimum atomic E-state index is -0.997. The highest BCUT2D eigenvalue weighted by atomic mass is 35.5. The quantitative estimate of drug-likeness (QED) is 0.385. The van der Waals surface area contributed by atoms with Crippen LogP contribution in [-0.2, 0) is 35.3 Å². The highest BCUT2D eigenvalue weighted by Crippen LogP contribution is 2.37. The molecule has 0 aromatic heterocycles. The maximum atomic E-state index is 13.0. The number of halogens is 1. The molecule has 0 bridgehead atoms. The van der Waals surface area contributed by atoms with Crippen molar-refractivity contribution >= 4 is 23.5 Å². The normalized spacial score (nSPS) is 16.3. The Balaban J connectivity index is 1.36. The van der Waals surface area contributed by atoms with Crippen molar-refractivity contribution in [3.63, 3.8) is 0 Å². The number of aliphatic carboxylic acids is 1. The highest BCUT2D eigenvalue weighted by Gasteiger charge is 2.35. The van der Waals surface area contributed by atoms with Gasteiger partial charge < -0.3 is 14.7 Å². The Morgan fingerprint density at radius 1 is 1.03 bits per heavy atom. The molecule has 5 nitrogen and oxygen atoms in total. The van der Waals surface area contributed by atoms with Crippen molar-refractivity contribution < 1.29 is 19.4 Å². The molecule has 0 radical (unpaired) electrons. The van der Waals surface area contributed by atoms with Gasteiger partial charge in [-0.3, -0.25) is 9.59 Å². The molecule has 1 unspecified atom stereocenters. The first kappa shape index (κ1) is 25.8. The van der Waals surface area contributed by atoms with E-state index in [1.165, 1.54) is 10.5 Å². The number of nitrogens with zero attached hydrogens (tertiary/aromatic N) is 1. The van der Waals surface area contributed by atoms with E-state index in [4.69, 9.17) is 16.3 Å². The van der Waals surface area contributed by atoms with E-state index < -0.39 is 5.97 Å². The lowest BCUT2D eigenvalue weighted by Gasteiger charge is -2.24. The number of fused-ring (bicyclic) bond motifs is 1. The third kappa shape index (κ3) is 6.67. The zero-order valence-electron chi connectivity index (χ0n) is 20.8. The van der Waals surface area contributed by atoms with Gasteiger partial charge in [-0.2, -0.15) is 0 Å². The highest BCUT2D eigenvalue weighted by molar-refractivity contribution is 6.30. The molecular weight excluding hydrogens is 474 g/mol. The second kappa shape index (κ2) is 11.2. The average Bonchev–Trinajstić information content (AvgIpc) is 3.17. The fraction of sp³-hybridized carbons (Fsp3) is 0.333. The van der Waals surface area contributed by atoms with Crippen LogP contribution in [0.5, 0.6) is 5.75 Å². The molecule has 0 saturated carbocycles. The second-order valence-electron chi connectivity index (χ2n) is 9.86. The molecule has 3 aromatic carbocycles. The van der Waals surface area contributed by atoms with Crippen LogP contribution >= 0.6 is 11.6 Å². The van der Waals surface area contributed by atoms with E-state index in [-0.39, 0.29) is 24.5 Å². The number of aryl methyl sites for hydroxylation is 2. The van der Waals surface area contributed by atoms with Gasteiger partial charge in [0.1, 0.15) is 17.9 Å². The maximum absolute atomic E-state index is 13.0. The number of carboxylic acid groups (broad SMARTS) is 1. The lowest BCUT2D eigenvalue weighted by molar-refractivity contribution is -0.144. The summed E-state index contributed by atoms with van der Waals surface area (Å²) in [7, 11) is 0. The molecule has 4 rings (SSSR count). The van der Waals surface area contributed by atoms with Crippen LogP contribution in [0.15, 0.2) is 66.7 Å². The first-order chi connectivity index (χ1) is 17.2. The molecule has 188 valence electrons. The predicted molar refractivity (Wildman–Crippen MR) is 142 cm³/mol. The monoisotopic (exact) mass is 505 g/mol. The summed E-state index contributed by atoms with van der Waals surface area (Å²) in [6.45, 7) is 4.24. The van der Waals surface area contributed by atoms with Gasteiger partial charge >= 0.3 is 5.97 Å². The number of carboxylic acids is 1. The molecule has 1 heterocycles. The summed E-state index contributed by atoms with van der Waals surface area (Å²) in [5.74, 6) is -0.259. The van der Waals surface area contributed by atoms with Crippen LogP contribution < -0.4 is 4.74 Å². The first-order valence-electron chi connectivity index (χ1n) is 12.3. The van der Waals surface area contributed by atoms with Gasteiger partial charge in [-0.25, -0.2) is 0 Å². The van der Waals surface area contributed by atoms with Crippen LogP contribution in [-0.4, -0.2) is 40.6 Å². The van der Waals surface area contributed by atoms with Crippen LogP contribution in [0.1, 0.15) is 41.2 Å². The van der Waals surface area contributed by atoms with Crippen molar-refractivity contribution in [1.29, 1.82) is 0 Å². The van der Waals surface area contributed by atoms with E-state index in [1.807, 2.05) is 67.6 Å². The number of ether oxygens (including phenoxy) is 1. The third-order valence-corrected chi connectivity index (χ3v) is 7.01. The van der Waals surface area contributed by atoms with Gasteiger partial charge in [0.15, 0.2) is 0 Å². The number of rotatable bonds is 10. The molecule has 1 atom stereocenters. The van der Waals surface area contributed by atoms with Crippen molar-refractivity contribution in [2.45, 2.75) is 51.6 Å². The van der Waals surface area contributed by atoms with Crippen molar-refractivity contribution in [3.8, 4) is 5.75 Å². The predicted octanol–water partition coefficient (Wildman–Crippen LogP) is 5.67. The van der Waals surface area contributed by atoms with E-state index in [0.717, 1.165) is 45.9 Å². The summed E-state index contributed by atoms with van der Waals surface area (Å²) in [4.78, 5) is 25.8. The summed E-state index contributed by atoms with van der Waals surface area (Å²) in [6.07, 6.45) is 3.02. The number of benzene rings is 3. The van der Waals surface area contributed by atoms with Crippen LogP contribution in [0.4, 0.5) is 0 Å². The Bertz CT molecular complexity index is 1240. The van der Waals surface area contributed by atoms with Crippen molar-refractivity contribution in [2.75, 3.05) is 13.1 Å². The summed E-state index contributed by atoms with van der Waals surface area (Å²) in [6, 6.07) is 21.9. The van der Waals surface area contributed by atoms with Crippen LogP contribution in [0, 0.1) is 6.92 Å². The number of carbonyl (C=O) groups excluding carboxylic acids is 1. The molecule has 1 amide bonds. The molecule has 0 spiro atoms. The molecule has 1 aliphatic rings. The maximum Gasteiger partial charge on any atom is 0.323 e. The Labute approximate surface area is 217 Å².